The van der Waals surface area contributed by atoms with Crippen LogP contribution in [0.2, 0.25) is 0 Å². The van der Waals surface area contributed by atoms with Crippen molar-refractivity contribution in [3.8, 4) is 0 Å². The highest BCUT2D eigenvalue weighted by Gasteiger charge is 2.18. The Morgan fingerprint density at radius 1 is 1.27 bits per heavy atom. The minimum Gasteiger partial charge on any atom is -0.364 e. The second-order valence-electron chi connectivity index (χ2n) is 4.28. The molecule has 0 unspecified atom stereocenters. The van der Waals surface area contributed by atoms with Crippen molar-refractivity contribution in [1.29, 1.82) is 0 Å². The van der Waals surface area contributed by atoms with Gasteiger partial charge in [0.05, 0.1) is 6.54 Å². The Morgan fingerprint density at radius 3 is 2.80 bits per heavy atom. The second kappa shape index (κ2) is 4.05. The number of benzene rings is 1. The maximum absolute atomic E-state index is 11.4. The number of aryl methyl sites for hydroxylation is 1. The van der Waals surface area contributed by atoms with Crippen molar-refractivity contribution in [3.63, 3.8) is 0 Å². The largest absolute Gasteiger partial charge is 0.364 e. The number of nitrogens with zero attached hydrogens (tertiary/aromatic N) is 1. The molecule has 0 bridgehead atoms. The molecule has 0 aromatic heterocycles. The molecule has 0 radical (unpaired) electrons. The number of piperidine rings is 1. The maximum atomic E-state index is 11.4. The number of carbonyl (C=O) groups excluding carboxylic acids is 1. The predicted octanol–water partition coefficient (Wildman–Crippen LogP) is 2.47. The highest BCUT2D eigenvalue weighted by Crippen LogP contribution is 2.24. The van der Waals surface area contributed by atoms with Crippen molar-refractivity contribution >= 4 is 11.5 Å². The zero-order valence-electron chi connectivity index (χ0n) is 9.42. The van der Waals surface area contributed by atoms with Crippen molar-refractivity contribution in [2.75, 3.05) is 18.0 Å². The first-order valence-corrected chi connectivity index (χ1v) is 5.51. The topological polar surface area (TPSA) is 20.3 Å². The van der Waals surface area contributed by atoms with Crippen LogP contribution in [-0.4, -0.2) is 18.9 Å². The Balaban J connectivity index is 2.28. The summed E-state index contributed by atoms with van der Waals surface area (Å²) in [6.45, 7) is 5.84. The third kappa shape index (κ3) is 2.04. The van der Waals surface area contributed by atoms with E-state index in [1.165, 1.54) is 16.8 Å². The van der Waals surface area contributed by atoms with Gasteiger partial charge in [-0.1, -0.05) is 12.1 Å². The summed E-state index contributed by atoms with van der Waals surface area (Å²) in [5, 5.41) is 0. The first-order chi connectivity index (χ1) is 7.18. The molecule has 1 aromatic rings. The van der Waals surface area contributed by atoms with E-state index in [-0.39, 0.29) is 0 Å². The van der Waals surface area contributed by atoms with E-state index in [1.54, 1.807) is 0 Å². The monoisotopic (exact) mass is 203 g/mol. The van der Waals surface area contributed by atoms with E-state index >= 15 is 0 Å². The number of hydrogen-bond acceptors (Lipinski definition) is 2. The van der Waals surface area contributed by atoms with Gasteiger partial charge in [0.1, 0.15) is 0 Å². The first-order valence-electron chi connectivity index (χ1n) is 5.51. The van der Waals surface area contributed by atoms with Crippen molar-refractivity contribution in [2.45, 2.75) is 26.7 Å². The number of Topliss-reactive ketones (excluding diaryl/α,β-unsaturated/α-hetero) is 1. The van der Waals surface area contributed by atoms with E-state index in [2.05, 4.69) is 36.9 Å². The lowest BCUT2D eigenvalue weighted by Gasteiger charge is -2.29. The van der Waals surface area contributed by atoms with Gasteiger partial charge in [0.25, 0.3) is 0 Å². The SMILES string of the molecule is Cc1cccc(N2CCCC(=O)C2)c1C. The summed E-state index contributed by atoms with van der Waals surface area (Å²) >= 11 is 0. The molecule has 1 aromatic carbocycles. The molecule has 1 saturated heterocycles. The third-order valence-corrected chi connectivity index (χ3v) is 3.17. The smallest absolute Gasteiger partial charge is 0.152 e. The van der Waals surface area contributed by atoms with Crippen molar-refractivity contribution in [1.82, 2.24) is 0 Å². The molecule has 1 aliphatic heterocycles. The lowest BCUT2D eigenvalue weighted by molar-refractivity contribution is -0.118. The minimum atomic E-state index is 0.363. The van der Waals surface area contributed by atoms with Crippen LogP contribution in [0.25, 0.3) is 0 Å². The summed E-state index contributed by atoms with van der Waals surface area (Å²) in [5.74, 6) is 0.363. The molecule has 1 heterocycles. The molecule has 2 rings (SSSR count). The second-order valence-corrected chi connectivity index (χ2v) is 4.28. The molecular formula is C13H17NO. The fourth-order valence-electron chi connectivity index (χ4n) is 2.12. The Kier molecular flexibility index (Phi) is 2.76. The van der Waals surface area contributed by atoms with Crippen LogP contribution in [-0.2, 0) is 4.79 Å². The van der Waals surface area contributed by atoms with Gasteiger partial charge in [-0.25, -0.2) is 0 Å². The van der Waals surface area contributed by atoms with Gasteiger partial charge in [-0.05, 0) is 37.5 Å². The van der Waals surface area contributed by atoms with Gasteiger partial charge >= 0.3 is 0 Å². The lowest BCUT2D eigenvalue weighted by Crippen LogP contribution is -2.36. The zero-order chi connectivity index (χ0) is 10.8. The summed E-state index contributed by atoms with van der Waals surface area (Å²) < 4.78 is 0. The Morgan fingerprint density at radius 2 is 2.07 bits per heavy atom. The van der Waals surface area contributed by atoms with Crippen LogP contribution in [0, 0.1) is 13.8 Å². The number of ketones is 1. The molecule has 2 heteroatoms. The van der Waals surface area contributed by atoms with E-state index in [1.807, 2.05) is 0 Å². The molecule has 0 aliphatic carbocycles. The van der Waals surface area contributed by atoms with E-state index in [4.69, 9.17) is 0 Å². The molecule has 0 atom stereocenters. The van der Waals surface area contributed by atoms with Gasteiger partial charge in [-0.15, -0.1) is 0 Å². The fourth-order valence-corrected chi connectivity index (χ4v) is 2.12. The molecule has 0 saturated carbocycles. The first kappa shape index (κ1) is 10.2. The molecule has 15 heavy (non-hydrogen) atoms. The van der Waals surface area contributed by atoms with Gasteiger partial charge in [0.2, 0.25) is 0 Å². The number of anilines is 1. The fraction of sp³-hybridized carbons (Fsp3) is 0.462. The van der Waals surface area contributed by atoms with Crippen LogP contribution in [0.3, 0.4) is 0 Å². The van der Waals surface area contributed by atoms with Crippen LogP contribution in [0.15, 0.2) is 18.2 Å². The van der Waals surface area contributed by atoms with Gasteiger partial charge in [-0.2, -0.15) is 0 Å². The van der Waals surface area contributed by atoms with E-state index in [9.17, 15) is 4.79 Å². The average molecular weight is 203 g/mol. The minimum absolute atomic E-state index is 0.363. The van der Waals surface area contributed by atoms with Gasteiger partial charge < -0.3 is 4.90 Å². The Bertz CT molecular complexity index is 384. The summed E-state index contributed by atoms with van der Waals surface area (Å²) in [7, 11) is 0. The molecule has 2 nitrogen and oxygen atoms in total. The van der Waals surface area contributed by atoms with E-state index < -0.39 is 0 Å². The van der Waals surface area contributed by atoms with E-state index in [0.29, 0.717) is 12.3 Å². The van der Waals surface area contributed by atoms with Crippen LogP contribution in [0.4, 0.5) is 5.69 Å². The third-order valence-electron chi connectivity index (χ3n) is 3.17. The molecule has 0 N–H and O–H groups in total. The number of carbonyl (C=O) groups is 1. The highest BCUT2D eigenvalue weighted by atomic mass is 16.1. The summed E-state index contributed by atoms with van der Waals surface area (Å²) in [4.78, 5) is 13.6. The van der Waals surface area contributed by atoms with Gasteiger partial charge in [0.15, 0.2) is 5.78 Å². The Hall–Kier alpha value is -1.31. The quantitative estimate of drug-likeness (QED) is 0.699. The highest BCUT2D eigenvalue weighted by molar-refractivity contribution is 5.85. The van der Waals surface area contributed by atoms with Gasteiger partial charge in [0, 0.05) is 18.7 Å². The van der Waals surface area contributed by atoms with Crippen LogP contribution >= 0.6 is 0 Å². The van der Waals surface area contributed by atoms with Crippen LogP contribution < -0.4 is 4.90 Å². The summed E-state index contributed by atoms with van der Waals surface area (Å²) in [6, 6.07) is 6.29. The maximum Gasteiger partial charge on any atom is 0.152 e. The summed E-state index contributed by atoms with van der Waals surface area (Å²) in [5.41, 5.74) is 3.82. The molecule has 1 fully saturated rings. The Labute approximate surface area is 90.9 Å². The molecule has 0 amide bonds. The van der Waals surface area contributed by atoms with E-state index in [0.717, 1.165) is 19.4 Å². The van der Waals surface area contributed by atoms with Crippen molar-refractivity contribution in [2.24, 2.45) is 0 Å². The van der Waals surface area contributed by atoms with Crippen LogP contribution in [0.5, 0.6) is 0 Å². The van der Waals surface area contributed by atoms with Gasteiger partial charge in [-0.3, -0.25) is 4.79 Å². The summed E-state index contributed by atoms with van der Waals surface area (Å²) in [6.07, 6.45) is 1.74. The zero-order valence-corrected chi connectivity index (χ0v) is 9.42. The molecule has 0 spiro atoms. The predicted molar refractivity (Wildman–Crippen MR) is 62.4 cm³/mol. The molecule has 80 valence electrons. The van der Waals surface area contributed by atoms with Crippen molar-refractivity contribution < 1.29 is 4.79 Å². The average Bonchev–Trinajstić information content (AvgIpc) is 2.22. The van der Waals surface area contributed by atoms with Crippen molar-refractivity contribution in [3.05, 3.63) is 29.3 Å². The number of hydrogen-bond donors (Lipinski definition) is 0. The molecular weight excluding hydrogens is 186 g/mol. The lowest BCUT2D eigenvalue weighted by atomic mass is 10.0. The van der Waals surface area contributed by atoms with Crippen LogP contribution in [0.1, 0.15) is 24.0 Å². The molecule has 1 aliphatic rings. The normalized spacial score (nSPS) is 16.9. The standard InChI is InChI=1S/C13H17NO/c1-10-5-3-7-13(11(10)2)14-8-4-6-12(15)9-14/h3,5,7H,4,6,8-9H2,1-2H3. The number of rotatable bonds is 1.